The molecule has 0 radical (unpaired) electrons. The fraction of sp³-hybridized carbons (Fsp3) is 0.538. The molecule has 1 aromatic carbocycles. The second kappa shape index (κ2) is 5.46. The van der Waals surface area contributed by atoms with Crippen LogP contribution in [0.2, 0.25) is 0 Å². The van der Waals surface area contributed by atoms with Gasteiger partial charge in [-0.25, -0.2) is 8.78 Å². The monoisotopic (exact) mass is 277 g/mol. The Balaban J connectivity index is 2.01. The van der Waals surface area contributed by atoms with Crippen LogP contribution in [0.4, 0.5) is 17.6 Å². The first-order valence-electron chi connectivity index (χ1n) is 6.03. The maximum absolute atomic E-state index is 12.8. The third-order valence-corrected chi connectivity index (χ3v) is 3.32. The van der Waals surface area contributed by atoms with E-state index >= 15 is 0 Å². The summed E-state index contributed by atoms with van der Waals surface area (Å²) in [5, 5.41) is 0. The Morgan fingerprint density at radius 3 is 2.68 bits per heavy atom. The predicted octanol–water partition coefficient (Wildman–Crippen LogP) is 2.92. The largest absolute Gasteiger partial charge is 0.370 e. The smallest absolute Gasteiger partial charge is 0.330 e. The molecule has 1 aliphatic rings. The molecule has 2 nitrogen and oxygen atoms in total. The first-order valence-corrected chi connectivity index (χ1v) is 6.03. The van der Waals surface area contributed by atoms with E-state index in [0.29, 0.717) is 12.8 Å². The summed E-state index contributed by atoms with van der Waals surface area (Å²) in [7, 11) is 0. The summed E-state index contributed by atoms with van der Waals surface area (Å²) < 4.78 is 54.6. The lowest BCUT2D eigenvalue weighted by molar-refractivity contribution is -0.179. The van der Waals surface area contributed by atoms with Crippen molar-refractivity contribution in [3.63, 3.8) is 0 Å². The Hall–Kier alpha value is -1.14. The number of hydrogen-bond acceptors (Lipinski definition) is 2. The van der Waals surface area contributed by atoms with Crippen molar-refractivity contribution in [1.29, 1.82) is 0 Å². The molecule has 0 bridgehead atoms. The van der Waals surface area contributed by atoms with Crippen molar-refractivity contribution in [2.45, 2.75) is 37.3 Å². The second-order valence-corrected chi connectivity index (χ2v) is 4.67. The van der Waals surface area contributed by atoms with Gasteiger partial charge in [0.05, 0.1) is 12.1 Å². The lowest BCUT2D eigenvalue weighted by Gasteiger charge is -2.32. The maximum Gasteiger partial charge on any atom is 0.330 e. The van der Waals surface area contributed by atoms with Gasteiger partial charge in [-0.3, -0.25) is 0 Å². The number of halogens is 4. The van der Waals surface area contributed by atoms with Gasteiger partial charge in [-0.1, -0.05) is 24.3 Å². The van der Waals surface area contributed by atoms with Crippen LogP contribution in [0.3, 0.4) is 0 Å². The number of fused-ring (bicyclic) bond motifs is 1. The van der Waals surface area contributed by atoms with Crippen LogP contribution in [0.5, 0.6) is 0 Å². The summed E-state index contributed by atoms with van der Waals surface area (Å²) in [6, 6.07) is 6.84. The van der Waals surface area contributed by atoms with Crippen LogP contribution in [0.15, 0.2) is 24.3 Å². The summed E-state index contributed by atoms with van der Waals surface area (Å²) in [4.78, 5) is 0. The van der Waals surface area contributed by atoms with Gasteiger partial charge in [0.15, 0.2) is 0 Å². The highest BCUT2D eigenvalue weighted by Crippen LogP contribution is 2.32. The minimum Gasteiger partial charge on any atom is -0.370 e. The first-order chi connectivity index (χ1) is 8.92. The van der Waals surface area contributed by atoms with Gasteiger partial charge in [-0.05, 0) is 24.0 Å². The Labute approximate surface area is 108 Å². The maximum atomic E-state index is 12.8. The molecule has 0 aliphatic heterocycles. The quantitative estimate of drug-likeness (QED) is 0.859. The summed E-state index contributed by atoms with van der Waals surface area (Å²) in [6.07, 6.45) is -3.27. The molecule has 0 saturated carbocycles. The van der Waals surface area contributed by atoms with Gasteiger partial charge in [-0.2, -0.15) is 8.78 Å². The van der Waals surface area contributed by atoms with Crippen LogP contribution in [0.1, 0.15) is 23.6 Å². The Bertz CT molecular complexity index is 438. The molecule has 6 heteroatoms. The molecule has 0 amide bonds. The first kappa shape index (κ1) is 14.3. The van der Waals surface area contributed by atoms with Crippen molar-refractivity contribution in [2.75, 3.05) is 6.61 Å². The average Bonchev–Trinajstić information content (AvgIpc) is 2.38. The van der Waals surface area contributed by atoms with Gasteiger partial charge >= 0.3 is 12.3 Å². The molecule has 0 aromatic heterocycles. The van der Waals surface area contributed by atoms with Crippen LogP contribution in [-0.2, 0) is 11.2 Å². The van der Waals surface area contributed by atoms with Gasteiger partial charge in [0.25, 0.3) is 0 Å². The standard InChI is InChI=1S/C13H15F4NO/c14-12(15)13(16,17)7-19-10-6-5-8-3-1-2-4-9(8)11(10)18/h1-4,10-12H,5-7,18H2. The molecule has 19 heavy (non-hydrogen) atoms. The van der Waals surface area contributed by atoms with Gasteiger partial charge in [0.2, 0.25) is 0 Å². The van der Waals surface area contributed by atoms with Crippen molar-refractivity contribution in [3.8, 4) is 0 Å². The zero-order valence-electron chi connectivity index (χ0n) is 10.2. The van der Waals surface area contributed by atoms with Crippen molar-refractivity contribution >= 4 is 0 Å². The number of ether oxygens (including phenoxy) is 1. The van der Waals surface area contributed by atoms with Gasteiger partial charge in [0, 0.05) is 0 Å². The highest BCUT2D eigenvalue weighted by atomic mass is 19.3. The van der Waals surface area contributed by atoms with Gasteiger partial charge < -0.3 is 10.5 Å². The van der Waals surface area contributed by atoms with Crippen molar-refractivity contribution in [3.05, 3.63) is 35.4 Å². The number of nitrogens with two attached hydrogens (primary N) is 1. The van der Waals surface area contributed by atoms with Crippen LogP contribution in [-0.4, -0.2) is 25.1 Å². The molecule has 0 heterocycles. The van der Waals surface area contributed by atoms with Gasteiger partial charge in [-0.15, -0.1) is 0 Å². The highest BCUT2D eigenvalue weighted by Gasteiger charge is 2.42. The molecule has 0 spiro atoms. The van der Waals surface area contributed by atoms with Gasteiger partial charge in [0.1, 0.15) is 6.61 Å². The van der Waals surface area contributed by atoms with E-state index in [1.54, 1.807) is 12.1 Å². The minimum atomic E-state index is -4.13. The van der Waals surface area contributed by atoms with Crippen molar-refractivity contribution in [2.24, 2.45) is 5.73 Å². The van der Waals surface area contributed by atoms with E-state index in [1.807, 2.05) is 12.1 Å². The van der Waals surface area contributed by atoms with E-state index in [9.17, 15) is 17.6 Å². The molecule has 2 rings (SSSR count). The number of hydrogen-bond donors (Lipinski definition) is 1. The minimum absolute atomic E-state index is 0.456. The van der Waals surface area contributed by atoms with E-state index in [-0.39, 0.29) is 0 Å². The van der Waals surface area contributed by atoms with E-state index in [4.69, 9.17) is 10.5 Å². The topological polar surface area (TPSA) is 35.2 Å². The molecule has 1 aliphatic carbocycles. The van der Waals surface area contributed by atoms with Crippen LogP contribution >= 0.6 is 0 Å². The van der Waals surface area contributed by atoms with E-state index in [0.717, 1.165) is 11.1 Å². The van der Waals surface area contributed by atoms with E-state index < -0.39 is 31.1 Å². The fourth-order valence-electron chi connectivity index (χ4n) is 2.23. The molecule has 2 N–H and O–H groups in total. The Morgan fingerprint density at radius 1 is 1.32 bits per heavy atom. The normalized spacial score (nSPS) is 23.5. The van der Waals surface area contributed by atoms with Crippen LogP contribution in [0, 0.1) is 0 Å². The molecule has 0 saturated heterocycles. The van der Waals surface area contributed by atoms with Crippen LogP contribution < -0.4 is 5.73 Å². The number of rotatable bonds is 4. The molecule has 1 aromatic rings. The predicted molar refractivity (Wildman–Crippen MR) is 62.4 cm³/mol. The summed E-state index contributed by atoms with van der Waals surface area (Å²) in [5.41, 5.74) is 7.82. The summed E-state index contributed by atoms with van der Waals surface area (Å²) >= 11 is 0. The summed E-state index contributed by atoms with van der Waals surface area (Å²) in [5.74, 6) is -4.13. The summed E-state index contributed by atoms with van der Waals surface area (Å²) in [6.45, 7) is -1.30. The zero-order valence-corrected chi connectivity index (χ0v) is 10.2. The second-order valence-electron chi connectivity index (χ2n) is 4.67. The van der Waals surface area contributed by atoms with E-state index in [2.05, 4.69) is 0 Å². The highest BCUT2D eigenvalue weighted by molar-refractivity contribution is 5.33. The molecule has 2 unspecified atom stereocenters. The third-order valence-electron chi connectivity index (χ3n) is 3.32. The number of benzene rings is 1. The number of alkyl halides is 4. The Morgan fingerprint density at radius 2 is 2.00 bits per heavy atom. The molecular weight excluding hydrogens is 262 g/mol. The molecule has 2 atom stereocenters. The van der Waals surface area contributed by atoms with Crippen LogP contribution in [0.25, 0.3) is 0 Å². The lowest BCUT2D eigenvalue weighted by Crippen LogP contribution is -2.39. The van der Waals surface area contributed by atoms with Crippen molar-refractivity contribution < 1.29 is 22.3 Å². The lowest BCUT2D eigenvalue weighted by atomic mass is 9.86. The Kier molecular flexibility index (Phi) is 4.10. The third kappa shape index (κ3) is 3.06. The number of aryl methyl sites for hydroxylation is 1. The van der Waals surface area contributed by atoms with E-state index in [1.165, 1.54) is 0 Å². The van der Waals surface area contributed by atoms with Crippen molar-refractivity contribution in [1.82, 2.24) is 0 Å². The SMILES string of the molecule is NC1c2ccccc2CCC1OCC(F)(F)C(F)F. The molecular formula is C13H15F4NO. The average molecular weight is 277 g/mol. The molecule has 106 valence electrons. The zero-order chi connectivity index (χ0) is 14.0. The fourth-order valence-corrected chi connectivity index (χ4v) is 2.23. The molecule has 0 fully saturated rings.